The number of thioether (sulfide) groups is 1. The Hall–Kier alpha value is -2.37. The molecule has 0 unspecified atom stereocenters. The van der Waals surface area contributed by atoms with E-state index in [9.17, 15) is 9.59 Å². The molecule has 0 spiro atoms. The molecule has 4 rings (SSSR count). The van der Waals surface area contributed by atoms with E-state index in [-0.39, 0.29) is 17.7 Å². The fraction of sp³-hybridized carbons (Fsp3) is 0.0476. The molecule has 1 aliphatic rings. The zero-order valence-corrected chi connectivity index (χ0v) is 16.1. The summed E-state index contributed by atoms with van der Waals surface area (Å²) < 4.78 is 0.971. The molecule has 1 saturated heterocycles. The van der Waals surface area contributed by atoms with Gasteiger partial charge in [0.25, 0.3) is 11.1 Å². The first-order valence-electron chi connectivity index (χ1n) is 8.09. The van der Waals surface area contributed by atoms with Crippen molar-refractivity contribution in [3.63, 3.8) is 0 Å². The zero-order valence-electron chi connectivity index (χ0n) is 13.7. The lowest BCUT2D eigenvalue weighted by Crippen LogP contribution is -2.27. The lowest BCUT2D eigenvalue weighted by atomic mass is 10.1. The fourth-order valence-corrected chi connectivity index (χ4v) is 3.97. The van der Waals surface area contributed by atoms with E-state index in [0.29, 0.717) is 4.91 Å². The summed E-state index contributed by atoms with van der Waals surface area (Å²) >= 11 is 4.38. The normalized spacial score (nSPS) is 16.0. The van der Waals surface area contributed by atoms with Gasteiger partial charge < -0.3 is 0 Å². The Bertz CT molecular complexity index is 1040. The summed E-state index contributed by atoms with van der Waals surface area (Å²) in [5.74, 6) is -0.240. The first-order chi connectivity index (χ1) is 12.6. The highest BCUT2D eigenvalue weighted by Gasteiger charge is 2.34. The molecule has 0 bridgehead atoms. The molecular weight excluding hydrogens is 410 g/mol. The predicted molar refractivity (Wildman–Crippen MR) is 110 cm³/mol. The van der Waals surface area contributed by atoms with Gasteiger partial charge in [0.15, 0.2) is 0 Å². The number of hydrogen-bond acceptors (Lipinski definition) is 3. The first kappa shape index (κ1) is 17.1. The number of amides is 2. The summed E-state index contributed by atoms with van der Waals surface area (Å²) in [4.78, 5) is 26.8. The van der Waals surface area contributed by atoms with Gasteiger partial charge in [-0.3, -0.25) is 14.5 Å². The SMILES string of the molecule is O=C1S/C(=C/c2ccc(Br)cc2)C(=O)N1Cc1ccc2ccccc2c1. The lowest BCUT2D eigenvalue weighted by molar-refractivity contribution is -0.123. The van der Waals surface area contributed by atoms with Crippen LogP contribution in [-0.4, -0.2) is 16.0 Å². The van der Waals surface area contributed by atoms with Crippen molar-refractivity contribution in [2.75, 3.05) is 0 Å². The van der Waals surface area contributed by atoms with Gasteiger partial charge in [0.05, 0.1) is 11.4 Å². The maximum absolute atomic E-state index is 12.7. The number of hydrogen-bond donors (Lipinski definition) is 0. The van der Waals surface area contributed by atoms with Crippen LogP contribution in [0.5, 0.6) is 0 Å². The molecule has 3 nitrogen and oxygen atoms in total. The average Bonchev–Trinajstić information content (AvgIpc) is 2.91. The van der Waals surface area contributed by atoms with E-state index in [0.717, 1.165) is 38.1 Å². The van der Waals surface area contributed by atoms with Crippen molar-refractivity contribution in [2.24, 2.45) is 0 Å². The minimum Gasteiger partial charge on any atom is -0.268 e. The van der Waals surface area contributed by atoms with Crippen LogP contribution in [0.25, 0.3) is 16.8 Å². The van der Waals surface area contributed by atoms with Crippen molar-refractivity contribution in [2.45, 2.75) is 6.54 Å². The Balaban J connectivity index is 1.57. The van der Waals surface area contributed by atoms with Crippen molar-refractivity contribution in [1.29, 1.82) is 0 Å². The number of imide groups is 1. The van der Waals surface area contributed by atoms with Gasteiger partial charge in [-0.15, -0.1) is 0 Å². The van der Waals surface area contributed by atoms with Crippen molar-refractivity contribution in [3.8, 4) is 0 Å². The van der Waals surface area contributed by atoms with Gasteiger partial charge in [-0.05, 0) is 57.9 Å². The van der Waals surface area contributed by atoms with Gasteiger partial charge in [0.2, 0.25) is 0 Å². The number of rotatable bonds is 3. The third-order valence-corrected chi connectivity index (χ3v) is 5.63. The first-order valence-corrected chi connectivity index (χ1v) is 9.70. The number of carbonyl (C=O) groups is 2. The van der Waals surface area contributed by atoms with E-state index in [1.807, 2.05) is 66.7 Å². The molecule has 0 saturated carbocycles. The largest absolute Gasteiger partial charge is 0.293 e. The maximum Gasteiger partial charge on any atom is 0.293 e. The van der Waals surface area contributed by atoms with Crippen LogP contribution in [0.3, 0.4) is 0 Å². The van der Waals surface area contributed by atoms with Crippen LogP contribution in [-0.2, 0) is 11.3 Å². The van der Waals surface area contributed by atoms with Crippen molar-refractivity contribution in [3.05, 3.63) is 87.2 Å². The van der Waals surface area contributed by atoms with Crippen LogP contribution in [0.15, 0.2) is 76.1 Å². The minimum atomic E-state index is -0.240. The third-order valence-electron chi connectivity index (χ3n) is 4.20. The van der Waals surface area contributed by atoms with E-state index in [4.69, 9.17) is 0 Å². The van der Waals surface area contributed by atoms with Gasteiger partial charge in [-0.2, -0.15) is 0 Å². The molecule has 128 valence electrons. The second-order valence-electron chi connectivity index (χ2n) is 6.00. The van der Waals surface area contributed by atoms with E-state index < -0.39 is 0 Å². The number of halogens is 1. The number of fused-ring (bicyclic) bond motifs is 1. The van der Waals surface area contributed by atoms with Crippen molar-refractivity contribution in [1.82, 2.24) is 4.90 Å². The Kier molecular flexibility index (Phi) is 4.66. The maximum atomic E-state index is 12.7. The lowest BCUT2D eigenvalue weighted by Gasteiger charge is -2.13. The van der Waals surface area contributed by atoms with Crippen LogP contribution in [0, 0.1) is 0 Å². The molecule has 1 aliphatic heterocycles. The molecule has 26 heavy (non-hydrogen) atoms. The molecule has 3 aromatic carbocycles. The Morgan fingerprint density at radius 1 is 0.923 bits per heavy atom. The fourth-order valence-electron chi connectivity index (χ4n) is 2.87. The summed E-state index contributed by atoms with van der Waals surface area (Å²) in [5, 5.41) is 2.01. The Morgan fingerprint density at radius 2 is 1.65 bits per heavy atom. The average molecular weight is 424 g/mol. The van der Waals surface area contributed by atoms with Crippen LogP contribution < -0.4 is 0 Å². The standard InChI is InChI=1S/C21H14BrNO2S/c22-18-9-6-14(7-10-18)12-19-20(24)23(21(25)26-19)13-15-5-8-16-3-1-2-4-17(16)11-15/h1-12H,13H2/b19-12+. The van der Waals surface area contributed by atoms with Crippen LogP contribution >= 0.6 is 27.7 Å². The van der Waals surface area contributed by atoms with E-state index >= 15 is 0 Å². The molecule has 3 aromatic rings. The van der Waals surface area contributed by atoms with Gasteiger partial charge in [0, 0.05) is 4.47 Å². The second-order valence-corrected chi connectivity index (χ2v) is 7.91. The smallest absolute Gasteiger partial charge is 0.268 e. The topological polar surface area (TPSA) is 37.4 Å². The van der Waals surface area contributed by atoms with Crippen LogP contribution in [0.4, 0.5) is 4.79 Å². The molecule has 1 fully saturated rings. The molecule has 0 N–H and O–H groups in total. The van der Waals surface area contributed by atoms with Crippen molar-refractivity contribution < 1.29 is 9.59 Å². The highest BCUT2D eigenvalue weighted by Crippen LogP contribution is 2.33. The Labute approximate surface area is 163 Å². The van der Waals surface area contributed by atoms with Crippen LogP contribution in [0.1, 0.15) is 11.1 Å². The molecule has 2 amide bonds. The molecule has 1 heterocycles. The monoisotopic (exact) mass is 423 g/mol. The summed E-state index contributed by atoms with van der Waals surface area (Å²) in [6.45, 7) is 0.285. The van der Waals surface area contributed by atoms with Gasteiger partial charge in [-0.25, -0.2) is 0 Å². The molecule has 0 radical (unpaired) electrons. The number of carbonyl (C=O) groups excluding carboxylic acids is 2. The minimum absolute atomic E-state index is 0.230. The van der Waals surface area contributed by atoms with E-state index in [1.54, 1.807) is 6.08 Å². The number of benzene rings is 3. The Morgan fingerprint density at radius 3 is 2.42 bits per heavy atom. The van der Waals surface area contributed by atoms with Crippen LogP contribution in [0.2, 0.25) is 0 Å². The van der Waals surface area contributed by atoms with Gasteiger partial charge >= 0.3 is 0 Å². The molecule has 0 atom stereocenters. The highest BCUT2D eigenvalue weighted by molar-refractivity contribution is 9.10. The predicted octanol–water partition coefficient (Wildman–Crippen LogP) is 5.84. The summed E-state index contributed by atoms with van der Waals surface area (Å²) in [6.07, 6.45) is 1.76. The molecule has 0 aliphatic carbocycles. The summed E-state index contributed by atoms with van der Waals surface area (Å²) in [7, 11) is 0. The molecule has 0 aromatic heterocycles. The zero-order chi connectivity index (χ0) is 18.1. The van der Waals surface area contributed by atoms with E-state index in [1.165, 1.54) is 4.90 Å². The van der Waals surface area contributed by atoms with Gasteiger partial charge in [-0.1, -0.05) is 64.5 Å². The molecule has 5 heteroatoms. The van der Waals surface area contributed by atoms with E-state index in [2.05, 4.69) is 15.9 Å². The third kappa shape index (κ3) is 3.45. The van der Waals surface area contributed by atoms with Crippen molar-refractivity contribution >= 4 is 55.7 Å². The summed E-state index contributed by atoms with van der Waals surface area (Å²) in [6, 6.07) is 21.7. The van der Waals surface area contributed by atoms with Gasteiger partial charge in [0.1, 0.15) is 0 Å². The molecular formula is C21H14BrNO2S. The summed E-state index contributed by atoms with van der Waals surface area (Å²) in [5.41, 5.74) is 1.83. The highest BCUT2D eigenvalue weighted by atomic mass is 79.9. The number of nitrogens with zero attached hydrogens (tertiary/aromatic N) is 1. The second kappa shape index (κ2) is 7.09. The quantitative estimate of drug-likeness (QED) is 0.496.